The first kappa shape index (κ1) is 45.3. The Hall–Kier alpha value is -6.84. The molecule has 1 unspecified atom stereocenters. The quantitative estimate of drug-likeness (QED) is 0.250. The highest BCUT2D eigenvalue weighted by Crippen LogP contribution is 2.41. The molecule has 7 amide bonds. The molecule has 6 aliphatic rings. The van der Waals surface area contributed by atoms with Crippen LogP contribution in [0.5, 0.6) is 5.75 Å². The Morgan fingerprint density at radius 3 is 2.36 bits per heavy atom. The minimum absolute atomic E-state index is 0.0253. The summed E-state index contributed by atoms with van der Waals surface area (Å²) in [6.07, 6.45) is 5.26. The molecule has 0 spiro atoms. The van der Waals surface area contributed by atoms with Crippen molar-refractivity contribution < 1.29 is 51.5 Å². The second-order valence-corrected chi connectivity index (χ2v) is 17.7. The number of hydrogen-bond donors (Lipinski definition) is 3. The van der Waals surface area contributed by atoms with Crippen molar-refractivity contribution in [3.63, 3.8) is 0 Å². The topological polar surface area (TPSA) is 210 Å². The van der Waals surface area contributed by atoms with Crippen molar-refractivity contribution in [2.45, 2.75) is 75.4 Å². The smallest absolute Gasteiger partial charge is 0.342 e. The van der Waals surface area contributed by atoms with E-state index in [0.29, 0.717) is 70.6 Å². The summed E-state index contributed by atoms with van der Waals surface area (Å²) in [5, 5.41) is 7.99. The van der Waals surface area contributed by atoms with E-state index in [2.05, 4.69) is 25.9 Å². The molecule has 1 saturated carbocycles. The number of aromatic nitrogens is 2. The fourth-order valence-electron chi connectivity index (χ4n) is 9.95. The summed E-state index contributed by atoms with van der Waals surface area (Å²) < 4.78 is 51.3. The Morgan fingerprint density at radius 2 is 1.66 bits per heavy atom. The number of hydrogen-bond acceptors (Lipinski definition) is 14. The average molecular weight is 930 g/mol. The Bertz CT molecular complexity index is 2540. The summed E-state index contributed by atoms with van der Waals surface area (Å²) in [4.78, 5) is 109. The molecule has 9 rings (SSSR count). The summed E-state index contributed by atoms with van der Waals surface area (Å²) in [6.45, 7) is 2.02. The number of anilines is 5. The van der Waals surface area contributed by atoms with E-state index in [1.807, 2.05) is 9.80 Å². The van der Waals surface area contributed by atoms with E-state index < -0.39 is 59.8 Å². The first-order chi connectivity index (χ1) is 32.1. The van der Waals surface area contributed by atoms with Crippen molar-refractivity contribution in [1.82, 2.24) is 35.3 Å². The van der Waals surface area contributed by atoms with Crippen LogP contribution in [-0.2, 0) is 19.2 Å². The van der Waals surface area contributed by atoms with E-state index in [-0.39, 0.29) is 83.0 Å². The number of imide groups is 2. The maximum atomic E-state index is 15.7. The zero-order chi connectivity index (χ0) is 47.3. The van der Waals surface area contributed by atoms with E-state index >= 15 is 13.2 Å². The van der Waals surface area contributed by atoms with E-state index in [9.17, 15) is 33.6 Å². The van der Waals surface area contributed by atoms with Gasteiger partial charge in [0.2, 0.25) is 23.7 Å². The molecule has 67 heavy (non-hydrogen) atoms. The molecule has 5 aliphatic heterocycles. The number of piperazine rings is 1. The van der Waals surface area contributed by atoms with Gasteiger partial charge < -0.3 is 35.0 Å². The van der Waals surface area contributed by atoms with Gasteiger partial charge in [-0.05, 0) is 50.3 Å². The van der Waals surface area contributed by atoms with Crippen LogP contribution in [0.1, 0.15) is 82.4 Å². The molecule has 0 radical (unpaired) electrons. The van der Waals surface area contributed by atoms with Crippen molar-refractivity contribution in [2.75, 3.05) is 86.5 Å². The average Bonchev–Trinajstić information content (AvgIpc) is 3.93. The van der Waals surface area contributed by atoms with Gasteiger partial charge in [-0.2, -0.15) is 13.8 Å². The van der Waals surface area contributed by atoms with Gasteiger partial charge in [-0.1, -0.05) is 18.9 Å². The molecule has 4 fully saturated rings. The van der Waals surface area contributed by atoms with Crippen LogP contribution in [0.25, 0.3) is 0 Å². The van der Waals surface area contributed by atoms with Crippen LogP contribution < -0.4 is 35.4 Å². The number of ether oxygens (including phenoxy) is 1. The number of piperidine rings is 2. The number of nitrogens with one attached hydrogen (secondary N) is 3. The first-order valence-corrected chi connectivity index (χ1v) is 22.5. The van der Waals surface area contributed by atoms with Crippen molar-refractivity contribution in [3.05, 3.63) is 59.0 Å². The lowest BCUT2D eigenvalue weighted by molar-refractivity contribution is -0.140. The van der Waals surface area contributed by atoms with Crippen LogP contribution in [0, 0.1) is 5.82 Å². The van der Waals surface area contributed by atoms with E-state index in [4.69, 9.17) is 4.74 Å². The van der Waals surface area contributed by atoms with Crippen molar-refractivity contribution in [2.24, 2.45) is 0 Å². The summed E-state index contributed by atoms with van der Waals surface area (Å²) >= 11 is 0. The van der Waals surface area contributed by atoms with Gasteiger partial charge in [0, 0.05) is 70.9 Å². The number of fused-ring (bicyclic) bond motifs is 2. The third-order valence-electron chi connectivity index (χ3n) is 13.6. The molecule has 3 saturated heterocycles. The lowest BCUT2D eigenvalue weighted by Crippen LogP contribution is -2.54. The van der Waals surface area contributed by atoms with Crippen LogP contribution in [0.15, 0.2) is 36.5 Å². The predicted octanol–water partition coefficient (Wildman–Crippen LogP) is 2.67. The van der Waals surface area contributed by atoms with Crippen LogP contribution >= 0.6 is 0 Å². The second kappa shape index (κ2) is 18.1. The maximum absolute atomic E-state index is 15.7. The number of amides is 7. The Labute approximate surface area is 382 Å². The Balaban J connectivity index is 0.777. The van der Waals surface area contributed by atoms with Gasteiger partial charge in [0.25, 0.3) is 23.6 Å². The van der Waals surface area contributed by atoms with Crippen molar-refractivity contribution in [3.8, 4) is 5.75 Å². The molecule has 1 aromatic heterocycles. The van der Waals surface area contributed by atoms with Gasteiger partial charge >= 0.3 is 5.92 Å². The summed E-state index contributed by atoms with van der Waals surface area (Å²) in [5.41, 5.74) is 0.912. The Kier molecular flexibility index (Phi) is 12.2. The summed E-state index contributed by atoms with van der Waals surface area (Å²) in [7, 11) is 2.59. The molecule has 1 aliphatic carbocycles. The highest BCUT2D eigenvalue weighted by atomic mass is 19.3. The van der Waals surface area contributed by atoms with E-state index in [1.54, 1.807) is 23.1 Å². The Morgan fingerprint density at radius 1 is 0.925 bits per heavy atom. The standard InChI is InChI=1S/C45H50F3N11O8/c1-54-33-22-49-44(53-38(33)58(26-6-3-4-7-26)24-45(47,48)43(54)66)51-30-21-29(46)28(20-34(30)67-2)39(62)50-25-12-14-57(15-13-25)36(61)23-55-16-18-56(19-17-55)31-9-5-8-27-37(31)42(65)59(41(27)64)32-10-11-35(60)52-40(32)63/h5,8-9,20-22,25-26,32H,3-4,6-7,10-19,23-24H2,1-2H3,(H,50,62)(H,49,51,53)(H,52,60,63). The fourth-order valence-corrected chi connectivity index (χ4v) is 9.95. The molecule has 6 heterocycles. The largest absolute Gasteiger partial charge is 0.495 e. The van der Waals surface area contributed by atoms with Crippen LogP contribution in [-0.4, -0.2) is 157 Å². The summed E-state index contributed by atoms with van der Waals surface area (Å²) in [6, 6.07) is 5.65. The number of carbonyl (C=O) groups is 7. The number of likely N-dealkylation sites (tertiary alicyclic amines) is 1. The third-order valence-corrected chi connectivity index (χ3v) is 13.6. The lowest BCUT2D eigenvalue weighted by Gasteiger charge is -2.38. The van der Waals surface area contributed by atoms with Gasteiger partial charge in [-0.15, -0.1) is 0 Å². The fraction of sp³-hybridized carbons (Fsp3) is 0.489. The van der Waals surface area contributed by atoms with E-state index in [0.717, 1.165) is 28.7 Å². The second-order valence-electron chi connectivity index (χ2n) is 17.7. The molecule has 3 aromatic rings. The molecule has 2 aromatic carbocycles. The molecular formula is C45H50F3N11O8. The number of rotatable bonds is 10. The van der Waals surface area contributed by atoms with Crippen molar-refractivity contribution in [1.29, 1.82) is 0 Å². The molecule has 3 N–H and O–H groups in total. The minimum Gasteiger partial charge on any atom is -0.495 e. The van der Waals surface area contributed by atoms with Gasteiger partial charge in [0.05, 0.1) is 54.5 Å². The van der Waals surface area contributed by atoms with Gasteiger partial charge in [-0.3, -0.25) is 48.7 Å². The van der Waals surface area contributed by atoms with Gasteiger partial charge in [0.1, 0.15) is 23.3 Å². The molecule has 0 bridgehead atoms. The van der Waals surface area contributed by atoms with Crippen LogP contribution in [0.3, 0.4) is 0 Å². The zero-order valence-corrected chi connectivity index (χ0v) is 37.0. The number of halogens is 3. The third kappa shape index (κ3) is 8.69. The normalized spacial score (nSPS) is 21.6. The number of benzene rings is 2. The molecule has 354 valence electrons. The SMILES string of the molecule is COc1cc(C(=O)NC2CCN(C(=O)CN3CCN(c4cccc5c4C(=O)N(C4CCC(=O)NC4=O)C5=O)CC3)CC2)c(F)cc1Nc1ncc2c(n1)N(C1CCCC1)CC(F)(F)C(=O)N2C. The number of alkyl halides is 2. The van der Waals surface area contributed by atoms with Gasteiger partial charge in [-0.25, -0.2) is 9.37 Å². The highest BCUT2D eigenvalue weighted by Gasteiger charge is 2.49. The molecule has 1 atom stereocenters. The monoisotopic (exact) mass is 929 g/mol. The number of carbonyl (C=O) groups excluding carboxylic acids is 7. The minimum atomic E-state index is -3.65. The van der Waals surface area contributed by atoms with Crippen molar-refractivity contribution >= 4 is 70.2 Å². The summed E-state index contributed by atoms with van der Waals surface area (Å²) in [5.74, 6) is -8.74. The zero-order valence-electron chi connectivity index (χ0n) is 37.0. The van der Waals surface area contributed by atoms with Crippen LogP contribution in [0.4, 0.5) is 42.0 Å². The molecule has 19 nitrogen and oxygen atoms in total. The maximum Gasteiger partial charge on any atom is 0.342 e. The number of methoxy groups -OCH3 is 1. The number of nitrogens with zero attached hydrogens (tertiary/aromatic N) is 8. The lowest BCUT2D eigenvalue weighted by atomic mass is 10.0. The first-order valence-electron chi connectivity index (χ1n) is 22.5. The molecular weight excluding hydrogens is 880 g/mol. The van der Waals surface area contributed by atoms with Gasteiger partial charge in [0.15, 0.2) is 5.82 Å². The predicted molar refractivity (Wildman–Crippen MR) is 235 cm³/mol. The van der Waals surface area contributed by atoms with E-state index in [1.165, 1.54) is 31.3 Å². The highest BCUT2D eigenvalue weighted by molar-refractivity contribution is 6.25. The molecule has 22 heteroatoms. The van der Waals surface area contributed by atoms with Crippen LogP contribution in [0.2, 0.25) is 0 Å².